The van der Waals surface area contributed by atoms with Gasteiger partial charge >= 0.3 is 0 Å². The van der Waals surface area contributed by atoms with Crippen LogP contribution >= 0.6 is 23.2 Å². The van der Waals surface area contributed by atoms with Gasteiger partial charge in [0.2, 0.25) is 0 Å². The molecule has 2 aromatic heterocycles. The fourth-order valence-electron chi connectivity index (χ4n) is 5.13. The standard InChI is InChI=1S/C27H29Cl2FN6O/c1-27(14-35-6-2-3-7-35)15-36(16-27)26-23(30)8-17(10-34-26)25(32)19-9-18(4-5-24(19)31)37-13-20-21(28)11-33-12-22(20)29/h4-5,8-12,32H,2-3,6-7,13-16,31H2,1H3. The summed E-state index contributed by atoms with van der Waals surface area (Å²) >= 11 is 12.3. The number of rotatable bonds is 8. The molecule has 4 heterocycles. The summed E-state index contributed by atoms with van der Waals surface area (Å²) in [5.74, 6) is 0.353. The summed E-state index contributed by atoms with van der Waals surface area (Å²) < 4.78 is 21.0. The second-order valence-electron chi connectivity index (χ2n) is 10.2. The molecule has 37 heavy (non-hydrogen) atoms. The SMILES string of the molecule is CC1(CN2CCCC2)CN(c2ncc(C(=N)c3cc(OCc4c(Cl)cncc4Cl)ccc3N)cc2F)C1. The van der Waals surface area contributed by atoms with Crippen molar-refractivity contribution in [2.45, 2.75) is 26.4 Å². The van der Waals surface area contributed by atoms with Gasteiger partial charge in [-0.15, -0.1) is 0 Å². The number of nitrogens with zero attached hydrogens (tertiary/aromatic N) is 4. The molecule has 2 aliphatic rings. The molecular formula is C27H29Cl2FN6O. The Morgan fingerprint density at radius 3 is 2.51 bits per heavy atom. The first-order valence-electron chi connectivity index (χ1n) is 12.2. The van der Waals surface area contributed by atoms with Gasteiger partial charge in [-0.2, -0.15) is 0 Å². The molecule has 2 aliphatic heterocycles. The number of nitrogens with one attached hydrogen (secondary N) is 1. The van der Waals surface area contributed by atoms with Crippen LogP contribution in [-0.4, -0.2) is 53.3 Å². The third-order valence-electron chi connectivity index (χ3n) is 6.99. The van der Waals surface area contributed by atoms with Gasteiger partial charge in [0.05, 0.1) is 15.8 Å². The Kier molecular flexibility index (Phi) is 7.25. The Bertz CT molecular complexity index is 1300. The molecule has 1 aromatic carbocycles. The molecule has 194 valence electrons. The van der Waals surface area contributed by atoms with Crippen LogP contribution in [0.2, 0.25) is 10.0 Å². The highest BCUT2D eigenvalue weighted by Gasteiger charge is 2.41. The smallest absolute Gasteiger partial charge is 0.166 e. The Hall–Kier alpha value is -2.94. The van der Waals surface area contributed by atoms with Gasteiger partial charge in [0.25, 0.3) is 0 Å². The van der Waals surface area contributed by atoms with E-state index < -0.39 is 5.82 Å². The summed E-state index contributed by atoms with van der Waals surface area (Å²) in [6, 6.07) is 6.34. The van der Waals surface area contributed by atoms with Crippen molar-refractivity contribution >= 4 is 40.4 Å². The second-order valence-corrected chi connectivity index (χ2v) is 11.0. The minimum absolute atomic E-state index is 0.0587. The second kappa shape index (κ2) is 10.4. The lowest BCUT2D eigenvalue weighted by Gasteiger charge is -2.50. The van der Waals surface area contributed by atoms with Crippen molar-refractivity contribution in [2.24, 2.45) is 5.41 Å². The van der Waals surface area contributed by atoms with E-state index >= 15 is 4.39 Å². The summed E-state index contributed by atoms with van der Waals surface area (Å²) in [7, 11) is 0. The molecule has 3 N–H and O–H groups in total. The average Bonchev–Trinajstić information content (AvgIpc) is 3.35. The molecule has 0 saturated carbocycles. The van der Waals surface area contributed by atoms with Crippen LogP contribution in [0.4, 0.5) is 15.9 Å². The summed E-state index contributed by atoms with van der Waals surface area (Å²) in [6.07, 6.45) is 7.04. The van der Waals surface area contributed by atoms with Crippen molar-refractivity contribution in [3.63, 3.8) is 0 Å². The number of halogens is 3. The number of nitrogen functional groups attached to an aromatic ring is 1. The lowest BCUT2D eigenvalue weighted by molar-refractivity contribution is 0.150. The number of hydrogen-bond acceptors (Lipinski definition) is 7. The number of benzene rings is 1. The Labute approximate surface area is 225 Å². The Morgan fingerprint density at radius 2 is 1.84 bits per heavy atom. The van der Waals surface area contributed by atoms with Gasteiger partial charge < -0.3 is 20.3 Å². The van der Waals surface area contributed by atoms with Gasteiger partial charge in [0.1, 0.15) is 12.4 Å². The molecule has 0 aliphatic carbocycles. The van der Waals surface area contributed by atoms with Gasteiger partial charge in [-0.05, 0) is 50.2 Å². The molecule has 0 radical (unpaired) electrons. The zero-order chi connectivity index (χ0) is 26.2. The van der Waals surface area contributed by atoms with Crippen molar-refractivity contribution in [2.75, 3.05) is 43.4 Å². The molecule has 5 rings (SSSR count). The van der Waals surface area contributed by atoms with Crippen molar-refractivity contribution in [1.82, 2.24) is 14.9 Å². The minimum atomic E-state index is -0.446. The third-order valence-corrected chi connectivity index (χ3v) is 7.64. The highest BCUT2D eigenvalue weighted by Crippen LogP contribution is 2.36. The third kappa shape index (κ3) is 5.51. The lowest BCUT2D eigenvalue weighted by Crippen LogP contribution is -2.59. The van der Waals surface area contributed by atoms with E-state index in [9.17, 15) is 0 Å². The number of ether oxygens (including phenoxy) is 1. The quantitative estimate of drug-likeness (QED) is 0.291. The number of anilines is 2. The number of hydrogen-bond donors (Lipinski definition) is 2. The maximum atomic E-state index is 15.1. The van der Waals surface area contributed by atoms with Gasteiger partial charge in [-0.1, -0.05) is 30.1 Å². The summed E-state index contributed by atoms with van der Waals surface area (Å²) in [5, 5.41) is 9.48. The molecule has 7 nitrogen and oxygen atoms in total. The van der Waals surface area contributed by atoms with Gasteiger partial charge in [0, 0.05) is 66.0 Å². The first kappa shape index (κ1) is 25.7. The first-order valence-corrected chi connectivity index (χ1v) is 13.0. The van der Waals surface area contributed by atoms with E-state index in [1.807, 2.05) is 4.90 Å². The maximum Gasteiger partial charge on any atom is 0.166 e. The topological polar surface area (TPSA) is 91.4 Å². The number of nitrogens with two attached hydrogens (primary N) is 1. The monoisotopic (exact) mass is 542 g/mol. The van der Waals surface area contributed by atoms with Crippen LogP contribution in [0.1, 0.15) is 36.5 Å². The van der Waals surface area contributed by atoms with E-state index in [0.717, 1.165) is 32.7 Å². The zero-order valence-corrected chi connectivity index (χ0v) is 22.1. The molecule has 3 aromatic rings. The molecule has 2 fully saturated rings. The van der Waals surface area contributed by atoms with Gasteiger partial charge in [0.15, 0.2) is 11.6 Å². The lowest BCUT2D eigenvalue weighted by atomic mass is 9.81. The van der Waals surface area contributed by atoms with Crippen molar-refractivity contribution in [3.8, 4) is 5.75 Å². The van der Waals surface area contributed by atoms with Crippen LogP contribution in [0.5, 0.6) is 5.75 Å². The van der Waals surface area contributed by atoms with E-state index in [0.29, 0.717) is 44.0 Å². The van der Waals surface area contributed by atoms with E-state index in [2.05, 4.69) is 21.8 Å². The summed E-state index contributed by atoms with van der Waals surface area (Å²) in [6.45, 7) is 7.24. The molecule has 2 saturated heterocycles. The largest absolute Gasteiger partial charge is 0.489 e. The maximum absolute atomic E-state index is 15.1. The number of aromatic nitrogens is 2. The van der Waals surface area contributed by atoms with Crippen LogP contribution in [-0.2, 0) is 6.61 Å². The molecular weight excluding hydrogens is 514 g/mol. The number of likely N-dealkylation sites (tertiary alicyclic amines) is 1. The van der Waals surface area contributed by atoms with Gasteiger partial charge in [-0.25, -0.2) is 9.37 Å². The predicted octanol–water partition coefficient (Wildman–Crippen LogP) is 5.42. The molecule has 0 amide bonds. The molecule has 0 unspecified atom stereocenters. The molecule has 10 heteroatoms. The Morgan fingerprint density at radius 1 is 1.14 bits per heavy atom. The average molecular weight is 543 g/mol. The predicted molar refractivity (Wildman–Crippen MR) is 146 cm³/mol. The zero-order valence-electron chi connectivity index (χ0n) is 20.6. The van der Waals surface area contributed by atoms with Crippen LogP contribution in [0.25, 0.3) is 0 Å². The van der Waals surface area contributed by atoms with Crippen molar-refractivity contribution in [3.05, 3.63) is 75.4 Å². The van der Waals surface area contributed by atoms with Crippen LogP contribution < -0.4 is 15.4 Å². The summed E-state index contributed by atoms with van der Waals surface area (Å²) in [5.41, 5.74) is 8.09. The van der Waals surface area contributed by atoms with E-state index in [-0.39, 0.29) is 17.7 Å². The highest BCUT2D eigenvalue weighted by molar-refractivity contribution is 6.35. The van der Waals surface area contributed by atoms with Crippen LogP contribution in [0.15, 0.2) is 42.9 Å². The minimum Gasteiger partial charge on any atom is -0.489 e. The fraction of sp³-hybridized carbons (Fsp3) is 0.370. The normalized spacial score (nSPS) is 17.0. The first-order chi connectivity index (χ1) is 17.7. The fourth-order valence-corrected chi connectivity index (χ4v) is 5.61. The van der Waals surface area contributed by atoms with E-state index in [1.165, 1.54) is 37.5 Å². The molecule has 0 bridgehead atoms. The van der Waals surface area contributed by atoms with E-state index in [1.54, 1.807) is 18.2 Å². The Balaban J connectivity index is 1.27. The molecule has 0 spiro atoms. The summed E-state index contributed by atoms with van der Waals surface area (Å²) in [4.78, 5) is 12.8. The van der Waals surface area contributed by atoms with Gasteiger partial charge in [-0.3, -0.25) is 10.4 Å². The van der Waals surface area contributed by atoms with Crippen LogP contribution in [0, 0.1) is 16.6 Å². The van der Waals surface area contributed by atoms with Crippen molar-refractivity contribution in [1.29, 1.82) is 5.41 Å². The van der Waals surface area contributed by atoms with Crippen LogP contribution in [0.3, 0.4) is 0 Å². The highest BCUT2D eigenvalue weighted by atomic mass is 35.5. The van der Waals surface area contributed by atoms with Crippen molar-refractivity contribution < 1.29 is 9.13 Å². The molecule has 0 atom stereocenters. The van der Waals surface area contributed by atoms with E-state index in [4.69, 9.17) is 39.1 Å². The number of pyridine rings is 2.